The van der Waals surface area contributed by atoms with Gasteiger partial charge in [-0.3, -0.25) is 4.79 Å². The van der Waals surface area contributed by atoms with Gasteiger partial charge in [-0.05, 0) is 62.3 Å². The summed E-state index contributed by atoms with van der Waals surface area (Å²) < 4.78 is 10.6. The van der Waals surface area contributed by atoms with Gasteiger partial charge in [0.2, 0.25) is 5.91 Å². The minimum atomic E-state index is 0. The molecule has 0 aromatic heterocycles. The van der Waals surface area contributed by atoms with E-state index in [4.69, 9.17) is 9.47 Å². The third-order valence-corrected chi connectivity index (χ3v) is 5.07. The van der Waals surface area contributed by atoms with Crippen LogP contribution in [0.15, 0.2) is 18.2 Å². The standard InChI is InChI=1S/C19H28N2O3.ClH/c1-13-9-17(24-8-7-23-2)5-6-18(13)21-19(22)12-14-10-15-3-4-16(11-14)20-15;/h5-6,9,14-16,20H,3-4,7-8,10-12H2,1-2H3,(H,21,22);1H. The van der Waals surface area contributed by atoms with E-state index in [1.54, 1.807) is 7.11 Å². The number of hydrogen-bond donors (Lipinski definition) is 2. The van der Waals surface area contributed by atoms with E-state index in [2.05, 4.69) is 10.6 Å². The van der Waals surface area contributed by atoms with Gasteiger partial charge in [-0.15, -0.1) is 12.4 Å². The minimum absolute atomic E-state index is 0. The summed E-state index contributed by atoms with van der Waals surface area (Å²) in [5.41, 5.74) is 1.89. The summed E-state index contributed by atoms with van der Waals surface area (Å²) in [6.07, 6.45) is 5.43. The van der Waals surface area contributed by atoms with Crippen LogP contribution in [-0.4, -0.2) is 38.3 Å². The van der Waals surface area contributed by atoms with Crippen molar-refractivity contribution in [2.45, 2.75) is 51.1 Å². The summed E-state index contributed by atoms with van der Waals surface area (Å²) >= 11 is 0. The Morgan fingerprint density at radius 3 is 2.60 bits per heavy atom. The lowest BCUT2D eigenvalue weighted by Gasteiger charge is -2.28. The largest absolute Gasteiger partial charge is 0.491 e. The molecule has 2 aliphatic rings. The molecule has 0 radical (unpaired) electrons. The Balaban J connectivity index is 0.00000225. The van der Waals surface area contributed by atoms with E-state index in [0.29, 0.717) is 37.6 Å². The van der Waals surface area contributed by atoms with Crippen LogP contribution in [0.3, 0.4) is 0 Å². The molecule has 2 unspecified atom stereocenters. The Hall–Kier alpha value is -1.30. The highest BCUT2D eigenvalue weighted by atomic mass is 35.5. The highest BCUT2D eigenvalue weighted by molar-refractivity contribution is 5.91. The van der Waals surface area contributed by atoms with Crippen LogP contribution in [0.25, 0.3) is 0 Å². The van der Waals surface area contributed by atoms with Crippen molar-refractivity contribution in [1.82, 2.24) is 5.32 Å². The van der Waals surface area contributed by atoms with Crippen molar-refractivity contribution in [3.8, 4) is 5.75 Å². The third-order valence-electron chi connectivity index (χ3n) is 5.07. The average Bonchev–Trinajstić information content (AvgIpc) is 2.89. The Bertz CT molecular complexity index is 570. The minimum Gasteiger partial charge on any atom is -0.491 e. The number of rotatable bonds is 7. The fraction of sp³-hybridized carbons (Fsp3) is 0.632. The summed E-state index contributed by atoms with van der Waals surface area (Å²) in [6.45, 7) is 3.08. The van der Waals surface area contributed by atoms with Gasteiger partial charge >= 0.3 is 0 Å². The first-order chi connectivity index (χ1) is 11.6. The van der Waals surface area contributed by atoms with Crippen LogP contribution in [0.1, 0.15) is 37.7 Å². The topological polar surface area (TPSA) is 59.6 Å². The van der Waals surface area contributed by atoms with E-state index < -0.39 is 0 Å². The summed E-state index contributed by atoms with van der Waals surface area (Å²) in [5.74, 6) is 1.44. The molecule has 1 aromatic carbocycles. The molecule has 140 valence electrons. The summed E-state index contributed by atoms with van der Waals surface area (Å²) in [6, 6.07) is 7.03. The maximum absolute atomic E-state index is 12.4. The fourth-order valence-electron chi connectivity index (χ4n) is 3.91. The number of hydrogen-bond acceptors (Lipinski definition) is 4. The number of carbonyl (C=O) groups is 1. The molecule has 2 N–H and O–H groups in total. The molecule has 2 heterocycles. The second-order valence-electron chi connectivity index (χ2n) is 7.05. The van der Waals surface area contributed by atoms with Gasteiger partial charge in [0.15, 0.2) is 0 Å². The number of aryl methyl sites for hydroxylation is 1. The molecule has 2 fully saturated rings. The van der Waals surface area contributed by atoms with Crippen molar-refractivity contribution in [3.05, 3.63) is 23.8 Å². The number of ether oxygens (including phenoxy) is 2. The lowest BCUT2D eigenvalue weighted by molar-refractivity contribution is -0.117. The zero-order valence-electron chi connectivity index (χ0n) is 15.0. The van der Waals surface area contributed by atoms with Gasteiger partial charge in [-0.1, -0.05) is 0 Å². The SMILES string of the molecule is COCCOc1ccc(NC(=O)CC2CC3CCC(C2)N3)c(C)c1.Cl. The first kappa shape index (κ1) is 20.0. The predicted molar refractivity (Wildman–Crippen MR) is 102 cm³/mol. The summed E-state index contributed by atoms with van der Waals surface area (Å²) in [4.78, 5) is 12.4. The molecule has 2 bridgehead atoms. The lowest BCUT2D eigenvalue weighted by atomic mass is 9.89. The predicted octanol–water partition coefficient (Wildman–Crippen LogP) is 3.30. The number of carbonyl (C=O) groups excluding carboxylic acids is 1. The first-order valence-corrected chi connectivity index (χ1v) is 8.92. The number of piperidine rings is 1. The molecule has 25 heavy (non-hydrogen) atoms. The van der Waals surface area contributed by atoms with Crippen molar-refractivity contribution >= 4 is 24.0 Å². The number of amides is 1. The van der Waals surface area contributed by atoms with Crippen LogP contribution in [0.2, 0.25) is 0 Å². The molecule has 6 heteroatoms. The van der Waals surface area contributed by atoms with E-state index in [9.17, 15) is 4.79 Å². The molecule has 1 amide bonds. The van der Waals surface area contributed by atoms with Gasteiger partial charge in [0.05, 0.1) is 6.61 Å². The normalized spacial score (nSPS) is 24.5. The van der Waals surface area contributed by atoms with Gasteiger partial charge in [0.25, 0.3) is 0 Å². The molecule has 2 saturated heterocycles. The Kier molecular flexibility index (Phi) is 7.54. The Morgan fingerprint density at radius 1 is 1.24 bits per heavy atom. The fourth-order valence-corrected chi connectivity index (χ4v) is 3.91. The molecule has 3 rings (SSSR count). The van der Waals surface area contributed by atoms with Gasteiger partial charge in [0, 0.05) is 31.3 Å². The molecular formula is C19H29ClN2O3. The quantitative estimate of drug-likeness (QED) is 0.725. The number of nitrogens with one attached hydrogen (secondary N) is 2. The maximum atomic E-state index is 12.4. The second kappa shape index (κ2) is 9.41. The molecule has 2 aliphatic heterocycles. The Morgan fingerprint density at radius 2 is 1.96 bits per heavy atom. The monoisotopic (exact) mass is 368 g/mol. The van der Waals surface area contributed by atoms with Gasteiger partial charge in [0.1, 0.15) is 12.4 Å². The number of methoxy groups -OCH3 is 1. The van der Waals surface area contributed by atoms with Crippen molar-refractivity contribution in [3.63, 3.8) is 0 Å². The smallest absolute Gasteiger partial charge is 0.224 e. The average molecular weight is 369 g/mol. The highest BCUT2D eigenvalue weighted by Gasteiger charge is 2.34. The maximum Gasteiger partial charge on any atom is 0.224 e. The summed E-state index contributed by atoms with van der Waals surface area (Å²) in [5, 5.41) is 6.69. The Labute approximate surface area is 156 Å². The first-order valence-electron chi connectivity index (χ1n) is 8.92. The molecule has 5 nitrogen and oxygen atoms in total. The zero-order chi connectivity index (χ0) is 16.9. The van der Waals surface area contributed by atoms with Crippen molar-refractivity contribution in [1.29, 1.82) is 0 Å². The number of anilines is 1. The van der Waals surface area contributed by atoms with Gasteiger partial charge < -0.3 is 20.1 Å². The zero-order valence-corrected chi connectivity index (χ0v) is 15.9. The number of halogens is 1. The van der Waals surface area contributed by atoms with E-state index in [0.717, 1.165) is 29.8 Å². The van der Waals surface area contributed by atoms with E-state index >= 15 is 0 Å². The van der Waals surface area contributed by atoms with E-state index in [1.807, 2.05) is 25.1 Å². The van der Waals surface area contributed by atoms with Gasteiger partial charge in [-0.25, -0.2) is 0 Å². The molecule has 0 aliphatic carbocycles. The molecule has 0 saturated carbocycles. The highest BCUT2D eigenvalue weighted by Crippen LogP contribution is 2.33. The van der Waals surface area contributed by atoms with E-state index in [-0.39, 0.29) is 18.3 Å². The molecular weight excluding hydrogens is 340 g/mol. The molecule has 1 aromatic rings. The van der Waals surface area contributed by atoms with Crippen molar-refractivity contribution < 1.29 is 14.3 Å². The van der Waals surface area contributed by atoms with Gasteiger partial charge in [-0.2, -0.15) is 0 Å². The van der Waals surface area contributed by atoms with Crippen LogP contribution >= 0.6 is 12.4 Å². The number of benzene rings is 1. The van der Waals surface area contributed by atoms with Crippen LogP contribution in [-0.2, 0) is 9.53 Å². The van der Waals surface area contributed by atoms with Crippen molar-refractivity contribution in [2.24, 2.45) is 5.92 Å². The summed E-state index contributed by atoms with van der Waals surface area (Å²) in [7, 11) is 1.65. The lowest BCUT2D eigenvalue weighted by Crippen LogP contribution is -2.39. The third kappa shape index (κ3) is 5.59. The van der Waals surface area contributed by atoms with Crippen molar-refractivity contribution in [2.75, 3.05) is 25.6 Å². The molecule has 2 atom stereocenters. The van der Waals surface area contributed by atoms with Crippen LogP contribution in [0, 0.1) is 12.8 Å². The van der Waals surface area contributed by atoms with E-state index in [1.165, 1.54) is 12.8 Å². The molecule has 0 spiro atoms. The van der Waals surface area contributed by atoms with Crippen LogP contribution in [0.4, 0.5) is 5.69 Å². The van der Waals surface area contributed by atoms with Crippen LogP contribution < -0.4 is 15.4 Å². The van der Waals surface area contributed by atoms with Crippen LogP contribution in [0.5, 0.6) is 5.75 Å². The second-order valence-corrected chi connectivity index (χ2v) is 7.05. The number of fused-ring (bicyclic) bond motifs is 2.